The summed E-state index contributed by atoms with van der Waals surface area (Å²) < 4.78 is 17.1. The van der Waals surface area contributed by atoms with Crippen LogP contribution in [0.15, 0.2) is 35.1 Å². The van der Waals surface area contributed by atoms with E-state index in [1.165, 1.54) is 14.2 Å². The molecule has 5 nitrogen and oxygen atoms in total. The molecule has 6 heteroatoms. The molecular weight excluding hydrogens is 338 g/mol. The average molecular weight is 352 g/mol. The Morgan fingerprint density at radius 1 is 1.14 bits per heavy atom. The van der Waals surface area contributed by atoms with Crippen LogP contribution in [0.1, 0.15) is 15.9 Å². The maximum atomic E-state index is 10.9. The first-order valence-electron chi connectivity index (χ1n) is 6.11. The first-order chi connectivity index (χ1) is 10.2. The largest absolute Gasteiger partial charge is 0.493 e. The second-order valence-corrected chi connectivity index (χ2v) is 5.09. The van der Waals surface area contributed by atoms with Gasteiger partial charge in [-0.2, -0.15) is 0 Å². The van der Waals surface area contributed by atoms with Crippen LogP contribution in [0, 0.1) is 0 Å². The van der Waals surface area contributed by atoms with E-state index in [-0.39, 0.29) is 0 Å². The van der Waals surface area contributed by atoms with Crippen molar-refractivity contribution in [2.45, 2.75) is 6.61 Å². The lowest BCUT2D eigenvalue weighted by Crippen LogP contribution is -2.01. The number of ether oxygens (including phenoxy) is 3. The van der Waals surface area contributed by atoms with Crippen LogP contribution in [-0.2, 0) is 6.61 Å². The molecule has 0 spiro atoms. The summed E-state index contributed by atoms with van der Waals surface area (Å²) in [4.78, 5) is 15.0. The maximum Gasteiger partial charge on any atom is 0.203 e. The number of carbonyl (C=O) groups excluding carboxylic acids is 1. The van der Waals surface area contributed by atoms with Gasteiger partial charge in [-0.15, -0.1) is 0 Å². The monoisotopic (exact) mass is 351 g/mol. The predicted molar refractivity (Wildman–Crippen MR) is 81.2 cm³/mol. The maximum absolute atomic E-state index is 10.9. The summed E-state index contributed by atoms with van der Waals surface area (Å²) in [6.45, 7) is 0.305. The third-order valence-corrected chi connectivity index (χ3v) is 3.20. The van der Waals surface area contributed by atoms with Gasteiger partial charge in [0.2, 0.25) is 5.75 Å². The van der Waals surface area contributed by atoms with Gasteiger partial charge in [-0.1, -0.05) is 0 Å². The fraction of sp³-hybridized carbons (Fsp3) is 0.200. The van der Waals surface area contributed by atoms with E-state index in [0.717, 1.165) is 16.3 Å². The van der Waals surface area contributed by atoms with Crippen LogP contribution in [0.2, 0.25) is 0 Å². The van der Waals surface area contributed by atoms with E-state index in [0.29, 0.717) is 29.4 Å². The van der Waals surface area contributed by atoms with Crippen molar-refractivity contribution in [1.82, 2.24) is 4.98 Å². The second kappa shape index (κ2) is 7.08. The van der Waals surface area contributed by atoms with E-state index >= 15 is 0 Å². The Morgan fingerprint density at radius 3 is 2.33 bits per heavy atom. The number of hydrogen-bond donors (Lipinski definition) is 0. The number of aldehydes is 1. The molecule has 0 saturated carbocycles. The van der Waals surface area contributed by atoms with Gasteiger partial charge in [0, 0.05) is 28.0 Å². The van der Waals surface area contributed by atoms with Crippen LogP contribution in [0.4, 0.5) is 0 Å². The molecule has 2 aromatic rings. The Labute approximate surface area is 131 Å². The van der Waals surface area contributed by atoms with Gasteiger partial charge in [0.05, 0.1) is 14.2 Å². The quantitative estimate of drug-likeness (QED) is 0.747. The number of benzene rings is 1. The topological polar surface area (TPSA) is 57.7 Å². The zero-order valence-corrected chi connectivity index (χ0v) is 13.2. The summed E-state index contributed by atoms with van der Waals surface area (Å²) >= 11 is 3.36. The highest BCUT2D eigenvalue weighted by atomic mass is 79.9. The van der Waals surface area contributed by atoms with E-state index in [4.69, 9.17) is 14.2 Å². The van der Waals surface area contributed by atoms with E-state index in [2.05, 4.69) is 20.9 Å². The summed E-state index contributed by atoms with van der Waals surface area (Å²) in [6, 6.07) is 5.11. The van der Waals surface area contributed by atoms with E-state index in [1.54, 1.807) is 24.5 Å². The first kappa shape index (κ1) is 15.3. The molecule has 0 N–H and O–H groups in total. The molecule has 2 rings (SSSR count). The highest BCUT2D eigenvalue weighted by molar-refractivity contribution is 9.10. The molecule has 0 amide bonds. The van der Waals surface area contributed by atoms with E-state index in [9.17, 15) is 4.79 Å². The predicted octanol–water partition coefficient (Wildman–Crippen LogP) is 3.25. The van der Waals surface area contributed by atoms with Crippen molar-refractivity contribution < 1.29 is 19.0 Å². The van der Waals surface area contributed by atoms with Gasteiger partial charge in [0.25, 0.3) is 0 Å². The number of halogens is 1. The SMILES string of the molecule is COc1cc(C=O)cc(OC)c1OCc1cncc(Br)c1. The molecule has 0 aliphatic heterocycles. The van der Waals surface area contributed by atoms with Crippen molar-refractivity contribution in [1.29, 1.82) is 0 Å². The van der Waals surface area contributed by atoms with Crippen LogP contribution in [0.3, 0.4) is 0 Å². The zero-order chi connectivity index (χ0) is 15.2. The van der Waals surface area contributed by atoms with Gasteiger partial charge in [-0.05, 0) is 34.1 Å². The molecule has 1 aromatic heterocycles. The van der Waals surface area contributed by atoms with Gasteiger partial charge in [-0.25, -0.2) is 0 Å². The number of rotatable bonds is 6. The molecular formula is C15H14BrNO4. The normalized spacial score (nSPS) is 10.0. The highest BCUT2D eigenvalue weighted by Crippen LogP contribution is 2.38. The third kappa shape index (κ3) is 3.72. The number of methoxy groups -OCH3 is 2. The number of pyridine rings is 1. The Bertz CT molecular complexity index is 620. The smallest absolute Gasteiger partial charge is 0.203 e. The van der Waals surface area contributed by atoms with Crippen LogP contribution < -0.4 is 14.2 Å². The van der Waals surface area contributed by atoms with Crippen molar-refractivity contribution in [3.05, 3.63) is 46.2 Å². The van der Waals surface area contributed by atoms with Crippen molar-refractivity contribution >= 4 is 22.2 Å². The Balaban J connectivity index is 2.28. The Morgan fingerprint density at radius 2 is 1.81 bits per heavy atom. The lowest BCUT2D eigenvalue weighted by atomic mass is 10.2. The van der Waals surface area contributed by atoms with Crippen molar-refractivity contribution in [3.63, 3.8) is 0 Å². The molecule has 1 heterocycles. The van der Waals surface area contributed by atoms with Gasteiger partial charge in [-0.3, -0.25) is 9.78 Å². The van der Waals surface area contributed by atoms with Crippen LogP contribution in [-0.4, -0.2) is 25.5 Å². The highest BCUT2D eigenvalue weighted by Gasteiger charge is 2.14. The van der Waals surface area contributed by atoms with Crippen LogP contribution in [0.25, 0.3) is 0 Å². The number of aromatic nitrogens is 1. The molecule has 0 fully saturated rings. The van der Waals surface area contributed by atoms with Gasteiger partial charge in [0.1, 0.15) is 12.9 Å². The lowest BCUT2D eigenvalue weighted by Gasteiger charge is -2.15. The summed E-state index contributed by atoms with van der Waals surface area (Å²) in [5.41, 5.74) is 1.35. The molecule has 0 atom stereocenters. The molecule has 0 bridgehead atoms. The standard InChI is InChI=1S/C15H14BrNO4/c1-19-13-4-10(8-18)5-14(20-2)15(13)21-9-11-3-12(16)7-17-6-11/h3-8H,9H2,1-2H3. The molecule has 110 valence electrons. The minimum Gasteiger partial charge on any atom is -0.493 e. The van der Waals surface area contributed by atoms with Crippen molar-refractivity contribution in [3.8, 4) is 17.2 Å². The van der Waals surface area contributed by atoms with Crippen molar-refractivity contribution in [2.24, 2.45) is 0 Å². The minimum atomic E-state index is 0.305. The fourth-order valence-corrected chi connectivity index (χ4v) is 2.21. The molecule has 0 aliphatic rings. The second-order valence-electron chi connectivity index (χ2n) is 4.17. The minimum absolute atomic E-state index is 0.305. The van der Waals surface area contributed by atoms with Crippen LogP contribution in [0.5, 0.6) is 17.2 Å². The fourth-order valence-electron chi connectivity index (χ4n) is 1.80. The van der Waals surface area contributed by atoms with Crippen LogP contribution >= 0.6 is 15.9 Å². The first-order valence-corrected chi connectivity index (χ1v) is 6.90. The lowest BCUT2D eigenvalue weighted by molar-refractivity contribution is 0.112. The summed E-state index contributed by atoms with van der Waals surface area (Å²) in [6.07, 6.45) is 4.14. The van der Waals surface area contributed by atoms with Gasteiger partial charge >= 0.3 is 0 Å². The number of carbonyl (C=O) groups is 1. The molecule has 0 radical (unpaired) electrons. The number of hydrogen-bond acceptors (Lipinski definition) is 5. The van der Waals surface area contributed by atoms with Gasteiger partial charge in [0.15, 0.2) is 11.5 Å². The average Bonchev–Trinajstić information content (AvgIpc) is 2.52. The summed E-state index contributed by atoms with van der Waals surface area (Å²) in [7, 11) is 3.02. The Kier molecular flexibility index (Phi) is 5.16. The van der Waals surface area contributed by atoms with Crippen molar-refractivity contribution in [2.75, 3.05) is 14.2 Å². The summed E-state index contributed by atoms with van der Waals surface area (Å²) in [5.74, 6) is 1.34. The molecule has 0 unspecified atom stereocenters. The van der Waals surface area contributed by atoms with E-state index in [1.807, 2.05) is 6.07 Å². The molecule has 21 heavy (non-hydrogen) atoms. The number of nitrogens with zero attached hydrogens (tertiary/aromatic N) is 1. The summed E-state index contributed by atoms with van der Waals surface area (Å²) in [5, 5.41) is 0. The molecule has 0 saturated heterocycles. The van der Waals surface area contributed by atoms with E-state index < -0.39 is 0 Å². The van der Waals surface area contributed by atoms with Gasteiger partial charge < -0.3 is 14.2 Å². The Hall–Kier alpha value is -2.08. The zero-order valence-electron chi connectivity index (χ0n) is 11.6. The molecule has 1 aromatic carbocycles. The third-order valence-electron chi connectivity index (χ3n) is 2.76. The molecule has 0 aliphatic carbocycles.